The van der Waals surface area contributed by atoms with Crippen molar-refractivity contribution in [1.82, 2.24) is 9.13 Å². The summed E-state index contributed by atoms with van der Waals surface area (Å²) in [5.74, 6) is 0. The van der Waals surface area contributed by atoms with Crippen LogP contribution in [0.25, 0.3) is 72.4 Å². The van der Waals surface area contributed by atoms with Crippen LogP contribution in [0.3, 0.4) is 0 Å². The molecule has 1 spiro atoms. The van der Waals surface area contributed by atoms with Gasteiger partial charge in [0.15, 0.2) is 0 Å². The molecule has 240 valence electrons. The largest absolute Gasteiger partial charge is 0.317 e. The van der Waals surface area contributed by atoms with E-state index in [9.17, 15) is 0 Å². The van der Waals surface area contributed by atoms with E-state index in [4.69, 9.17) is 0 Å². The molecule has 2 nitrogen and oxygen atoms in total. The molecule has 0 amide bonds. The highest BCUT2D eigenvalue weighted by atomic mass is 15.0. The molecule has 0 saturated heterocycles. The SMILES string of the molecule is C1=CCCC(n2c3c(c4cc(-n5c6ccccc6c6cc7c(cc65)C5(c6ccccc6-c6ccccc65)c5ccccc5-7)ccc42)C=CCC3)=C1. The van der Waals surface area contributed by atoms with Crippen LogP contribution in [-0.2, 0) is 11.8 Å². The molecule has 0 fully saturated rings. The van der Waals surface area contributed by atoms with E-state index in [1.54, 1.807) is 0 Å². The average molecular weight is 651 g/mol. The molecule has 0 unspecified atom stereocenters. The minimum absolute atomic E-state index is 0.373. The van der Waals surface area contributed by atoms with Crippen LogP contribution in [-0.4, -0.2) is 9.13 Å². The Morgan fingerprint density at radius 1 is 0.471 bits per heavy atom. The fourth-order valence-electron chi connectivity index (χ4n) is 10.3. The van der Waals surface area contributed by atoms with Crippen molar-refractivity contribution in [3.63, 3.8) is 0 Å². The highest BCUT2D eigenvalue weighted by Gasteiger charge is 2.51. The van der Waals surface area contributed by atoms with E-state index < -0.39 is 0 Å². The lowest BCUT2D eigenvalue weighted by Crippen LogP contribution is -2.25. The Morgan fingerprint density at radius 3 is 1.88 bits per heavy atom. The van der Waals surface area contributed by atoms with Crippen molar-refractivity contribution in [3.8, 4) is 27.9 Å². The number of rotatable bonds is 2. The second kappa shape index (κ2) is 9.99. The van der Waals surface area contributed by atoms with Crippen LogP contribution in [0.5, 0.6) is 0 Å². The Kier molecular flexibility index (Phi) is 5.42. The minimum atomic E-state index is -0.373. The van der Waals surface area contributed by atoms with E-state index in [0.29, 0.717) is 0 Å². The van der Waals surface area contributed by atoms with E-state index in [-0.39, 0.29) is 5.41 Å². The second-order valence-electron chi connectivity index (χ2n) is 14.6. The molecule has 12 rings (SSSR count). The van der Waals surface area contributed by atoms with Gasteiger partial charge in [-0.25, -0.2) is 0 Å². The third-order valence-corrected chi connectivity index (χ3v) is 12.3. The van der Waals surface area contributed by atoms with Gasteiger partial charge >= 0.3 is 0 Å². The molecule has 0 radical (unpaired) electrons. The smallest absolute Gasteiger partial charge is 0.0726 e. The van der Waals surface area contributed by atoms with Crippen LogP contribution >= 0.6 is 0 Å². The lowest BCUT2D eigenvalue weighted by atomic mass is 9.70. The minimum Gasteiger partial charge on any atom is -0.317 e. The number of hydrogen-bond acceptors (Lipinski definition) is 0. The van der Waals surface area contributed by atoms with Gasteiger partial charge in [0.2, 0.25) is 0 Å². The summed E-state index contributed by atoms with van der Waals surface area (Å²) in [6.07, 6.45) is 15.9. The summed E-state index contributed by atoms with van der Waals surface area (Å²) in [7, 11) is 0. The van der Waals surface area contributed by atoms with Gasteiger partial charge in [-0.05, 0) is 113 Å². The molecule has 4 aliphatic carbocycles. The van der Waals surface area contributed by atoms with Crippen molar-refractivity contribution in [2.45, 2.75) is 31.1 Å². The lowest BCUT2D eigenvalue weighted by Gasteiger charge is -2.30. The number of aromatic nitrogens is 2. The Bertz CT molecular complexity index is 2870. The van der Waals surface area contributed by atoms with Gasteiger partial charge in [-0.3, -0.25) is 0 Å². The Morgan fingerprint density at radius 2 is 1.14 bits per heavy atom. The Balaban J connectivity index is 1.18. The van der Waals surface area contributed by atoms with Gasteiger partial charge < -0.3 is 9.13 Å². The maximum absolute atomic E-state index is 2.57. The van der Waals surface area contributed by atoms with Gasteiger partial charge in [-0.1, -0.05) is 115 Å². The molecule has 4 aliphatic rings. The van der Waals surface area contributed by atoms with Crippen molar-refractivity contribution in [3.05, 3.63) is 185 Å². The van der Waals surface area contributed by atoms with Crippen molar-refractivity contribution in [2.75, 3.05) is 0 Å². The number of allylic oxidation sites excluding steroid dienone is 5. The lowest BCUT2D eigenvalue weighted by molar-refractivity contribution is 0.794. The molecule has 0 aliphatic heterocycles. The van der Waals surface area contributed by atoms with E-state index in [2.05, 4.69) is 167 Å². The van der Waals surface area contributed by atoms with Gasteiger partial charge in [0.1, 0.15) is 0 Å². The summed E-state index contributed by atoms with van der Waals surface area (Å²) in [6, 6.07) is 48.6. The van der Waals surface area contributed by atoms with Crippen LogP contribution in [0, 0.1) is 0 Å². The highest BCUT2D eigenvalue weighted by Crippen LogP contribution is 2.63. The maximum Gasteiger partial charge on any atom is 0.0726 e. The number of fused-ring (bicyclic) bond motifs is 16. The van der Waals surface area contributed by atoms with Crippen LogP contribution < -0.4 is 0 Å². The summed E-state index contributed by atoms with van der Waals surface area (Å²) in [4.78, 5) is 0. The summed E-state index contributed by atoms with van der Waals surface area (Å²) >= 11 is 0. The third kappa shape index (κ3) is 3.43. The predicted octanol–water partition coefficient (Wildman–Crippen LogP) is 12.2. The standard InChI is InChI=1S/C49H34N2/c1-2-14-31(15-3-1)50-45-24-12-7-19-36(45)39-28-32(26-27-47(39)50)51-46-25-13-8-20-37(46)40-29-38-35-18-6-11-23-43(35)49(44(38)30-48(40)51)41-21-9-4-16-33(41)34-17-5-10-22-42(34)49/h1-2,4-11,13-14,16-23,25-30H,3,12,15,24H2. The molecular weight excluding hydrogens is 617 g/mol. The number of nitrogens with zero attached hydrogens (tertiary/aromatic N) is 2. The molecule has 0 bridgehead atoms. The first-order valence-electron chi connectivity index (χ1n) is 18.4. The summed E-state index contributed by atoms with van der Waals surface area (Å²) in [5.41, 5.74) is 19.8. The van der Waals surface area contributed by atoms with Crippen LogP contribution in [0.15, 0.2) is 152 Å². The van der Waals surface area contributed by atoms with Gasteiger partial charge in [0.05, 0.1) is 22.0 Å². The van der Waals surface area contributed by atoms with Crippen molar-refractivity contribution in [1.29, 1.82) is 0 Å². The highest BCUT2D eigenvalue weighted by molar-refractivity contribution is 6.13. The molecule has 0 N–H and O–H groups in total. The summed E-state index contributed by atoms with van der Waals surface area (Å²) in [5, 5.41) is 3.93. The Labute approximate surface area is 296 Å². The molecule has 51 heavy (non-hydrogen) atoms. The molecule has 8 aromatic rings. The normalized spacial score (nSPS) is 16.0. The molecule has 2 heterocycles. The third-order valence-electron chi connectivity index (χ3n) is 12.3. The maximum atomic E-state index is 2.57. The first kappa shape index (κ1) is 27.7. The van der Waals surface area contributed by atoms with E-state index in [1.807, 2.05) is 0 Å². The zero-order valence-corrected chi connectivity index (χ0v) is 28.2. The van der Waals surface area contributed by atoms with Gasteiger partial charge in [-0.15, -0.1) is 0 Å². The molecule has 2 heteroatoms. The van der Waals surface area contributed by atoms with Crippen LogP contribution in [0.4, 0.5) is 0 Å². The Hall–Kier alpha value is -6.12. The molecular formula is C49H34N2. The summed E-state index contributed by atoms with van der Waals surface area (Å²) < 4.78 is 5.10. The zero-order chi connectivity index (χ0) is 33.3. The number of hydrogen-bond donors (Lipinski definition) is 0. The van der Waals surface area contributed by atoms with Gasteiger partial charge in [0, 0.05) is 38.8 Å². The summed E-state index contributed by atoms with van der Waals surface area (Å²) in [6.45, 7) is 0. The van der Waals surface area contributed by atoms with Crippen LogP contribution in [0.2, 0.25) is 0 Å². The first-order chi connectivity index (χ1) is 25.3. The van der Waals surface area contributed by atoms with E-state index in [0.717, 1.165) is 25.7 Å². The zero-order valence-electron chi connectivity index (χ0n) is 28.2. The molecule has 6 aromatic carbocycles. The van der Waals surface area contributed by atoms with Gasteiger partial charge in [0.25, 0.3) is 0 Å². The fraction of sp³-hybridized carbons (Fsp3) is 0.102. The second-order valence-corrected chi connectivity index (χ2v) is 14.6. The van der Waals surface area contributed by atoms with Crippen molar-refractivity contribution >= 4 is 44.5 Å². The average Bonchev–Trinajstić information content (AvgIpc) is 3.89. The molecule has 2 aromatic heterocycles. The van der Waals surface area contributed by atoms with E-state index in [1.165, 1.54) is 99.9 Å². The molecule has 0 saturated carbocycles. The monoisotopic (exact) mass is 650 g/mol. The van der Waals surface area contributed by atoms with Gasteiger partial charge in [-0.2, -0.15) is 0 Å². The number of benzene rings is 6. The first-order valence-corrected chi connectivity index (χ1v) is 18.4. The number of para-hydroxylation sites is 1. The fourth-order valence-corrected chi connectivity index (χ4v) is 10.3. The quantitative estimate of drug-likeness (QED) is 0.176. The van der Waals surface area contributed by atoms with Crippen LogP contribution in [0.1, 0.15) is 52.8 Å². The van der Waals surface area contributed by atoms with Crippen molar-refractivity contribution in [2.24, 2.45) is 0 Å². The van der Waals surface area contributed by atoms with Crippen molar-refractivity contribution < 1.29 is 0 Å². The van der Waals surface area contributed by atoms with E-state index >= 15 is 0 Å². The molecule has 0 atom stereocenters. The predicted molar refractivity (Wildman–Crippen MR) is 213 cm³/mol. The topological polar surface area (TPSA) is 9.86 Å².